The summed E-state index contributed by atoms with van der Waals surface area (Å²) in [4.78, 5) is 19.9. The molecule has 0 aromatic carbocycles. The third-order valence-electron chi connectivity index (χ3n) is 5.48. The van der Waals surface area contributed by atoms with Crippen molar-refractivity contribution in [2.75, 3.05) is 62.2 Å². The van der Waals surface area contributed by atoms with Crippen molar-refractivity contribution < 1.29 is 4.74 Å². The summed E-state index contributed by atoms with van der Waals surface area (Å²) >= 11 is 0. The van der Waals surface area contributed by atoms with Crippen molar-refractivity contribution in [3.8, 4) is 11.8 Å². The summed E-state index contributed by atoms with van der Waals surface area (Å²) in [5.74, 6) is 8.48. The molecule has 152 valence electrons. The molecule has 0 radical (unpaired) electrons. The molecule has 0 N–H and O–H groups in total. The van der Waals surface area contributed by atoms with Gasteiger partial charge in [-0.1, -0.05) is 17.9 Å². The number of piperidine rings is 1. The molecule has 2 fully saturated rings. The molecule has 0 bridgehead atoms. The van der Waals surface area contributed by atoms with Crippen LogP contribution in [0.2, 0.25) is 0 Å². The van der Waals surface area contributed by atoms with Gasteiger partial charge in [0, 0.05) is 57.9 Å². The van der Waals surface area contributed by atoms with Gasteiger partial charge in [0.05, 0.1) is 18.8 Å². The van der Waals surface area contributed by atoms with Crippen LogP contribution in [0.3, 0.4) is 0 Å². The second-order valence-electron chi connectivity index (χ2n) is 7.37. The molecular formula is C22H28N6O. The Balaban J connectivity index is 1.11. The Morgan fingerprint density at radius 1 is 0.862 bits per heavy atom. The molecule has 0 saturated carbocycles. The molecular weight excluding hydrogens is 364 g/mol. The van der Waals surface area contributed by atoms with E-state index in [2.05, 4.69) is 47.6 Å². The first-order valence-corrected chi connectivity index (χ1v) is 10.3. The molecule has 2 aliphatic heterocycles. The SMILES string of the molecule is C(#CCN1CCN(c2ccccn2)CC1)COC1CCN(c2cnccn2)CC1. The van der Waals surface area contributed by atoms with Gasteiger partial charge in [0.1, 0.15) is 18.2 Å². The van der Waals surface area contributed by atoms with E-state index in [0.717, 1.165) is 70.3 Å². The van der Waals surface area contributed by atoms with Crippen LogP contribution in [0.1, 0.15) is 12.8 Å². The summed E-state index contributed by atoms with van der Waals surface area (Å²) in [6, 6.07) is 6.07. The number of piperazine rings is 1. The van der Waals surface area contributed by atoms with Crippen LogP contribution in [0.5, 0.6) is 0 Å². The topological polar surface area (TPSA) is 57.6 Å². The molecule has 4 heterocycles. The van der Waals surface area contributed by atoms with E-state index in [1.807, 2.05) is 24.5 Å². The molecule has 2 aromatic rings. The van der Waals surface area contributed by atoms with Gasteiger partial charge >= 0.3 is 0 Å². The van der Waals surface area contributed by atoms with Crippen LogP contribution < -0.4 is 9.80 Å². The van der Waals surface area contributed by atoms with E-state index in [9.17, 15) is 0 Å². The minimum absolute atomic E-state index is 0.291. The highest BCUT2D eigenvalue weighted by molar-refractivity contribution is 5.38. The molecule has 7 heteroatoms. The standard InChI is InChI=1S/C22H28N6O/c1-2-8-24-21(5-1)28-16-14-26(15-17-28)11-3-4-18-29-20-6-12-27(13-7-20)22-19-23-9-10-25-22/h1-2,5,8-10,19-20H,6-7,11-18H2. The first-order chi connectivity index (χ1) is 14.4. The number of hydrogen-bond acceptors (Lipinski definition) is 7. The highest BCUT2D eigenvalue weighted by Gasteiger charge is 2.20. The fourth-order valence-corrected chi connectivity index (χ4v) is 3.76. The Bertz CT molecular complexity index is 790. The van der Waals surface area contributed by atoms with Crippen molar-refractivity contribution >= 4 is 11.6 Å². The number of aromatic nitrogens is 3. The minimum Gasteiger partial charge on any atom is -0.365 e. The van der Waals surface area contributed by atoms with Gasteiger partial charge in [0.15, 0.2) is 0 Å². The van der Waals surface area contributed by atoms with Crippen molar-refractivity contribution in [2.45, 2.75) is 18.9 Å². The fourth-order valence-electron chi connectivity index (χ4n) is 3.76. The smallest absolute Gasteiger partial charge is 0.147 e. The first-order valence-electron chi connectivity index (χ1n) is 10.3. The summed E-state index contributed by atoms with van der Waals surface area (Å²) in [7, 11) is 0. The Labute approximate surface area is 172 Å². The number of pyridine rings is 1. The van der Waals surface area contributed by atoms with Gasteiger partial charge < -0.3 is 14.5 Å². The number of anilines is 2. The highest BCUT2D eigenvalue weighted by atomic mass is 16.5. The molecule has 0 atom stereocenters. The van der Waals surface area contributed by atoms with E-state index in [0.29, 0.717) is 12.7 Å². The monoisotopic (exact) mass is 392 g/mol. The third-order valence-corrected chi connectivity index (χ3v) is 5.48. The molecule has 2 saturated heterocycles. The molecule has 2 aromatic heterocycles. The zero-order chi connectivity index (χ0) is 19.7. The number of hydrogen-bond donors (Lipinski definition) is 0. The maximum absolute atomic E-state index is 5.96. The van der Waals surface area contributed by atoms with Crippen LogP contribution in [0.25, 0.3) is 0 Å². The molecule has 7 nitrogen and oxygen atoms in total. The zero-order valence-corrected chi connectivity index (χ0v) is 16.8. The predicted octanol–water partition coefficient (Wildman–Crippen LogP) is 1.68. The normalized spacial score (nSPS) is 18.3. The van der Waals surface area contributed by atoms with Crippen LogP contribution in [-0.2, 0) is 4.74 Å². The second kappa shape index (κ2) is 10.2. The molecule has 2 aliphatic rings. The fraction of sp³-hybridized carbons (Fsp3) is 0.500. The van der Waals surface area contributed by atoms with Crippen LogP contribution in [0, 0.1) is 11.8 Å². The quantitative estimate of drug-likeness (QED) is 0.718. The minimum atomic E-state index is 0.291. The largest absolute Gasteiger partial charge is 0.365 e. The van der Waals surface area contributed by atoms with Gasteiger partial charge in [-0.25, -0.2) is 9.97 Å². The molecule has 0 spiro atoms. The van der Waals surface area contributed by atoms with Crippen LogP contribution in [0.15, 0.2) is 43.0 Å². The van der Waals surface area contributed by atoms with E-state index in [1.165, 1.54) is 0 Å². The molecule has 0 aliphatic carbocycles. The van der Waals surface area contributed by atoms with Crippen LogP contribution in [0.4, 0.5) is 11.6 Å². The van der Waals surface area contributed by atoms with E-state index >= 15 is 0 Å². The predicted molar refractivity (Wildman–Crippen MR) is 114 cm³/mol. The summed E-state index contributed by atoms with van der Waals surface area (Å²) in [5.41, 5.74) is 0. The van der Waals surface area contributed by atoms with Crippen molar-refractivity contribution in [3.63, 3.8) is 0 Å². The summed E-state index contributed by atoms with van der Waals surface area (Å²) in [6.45, 7) is 7.28. The van der Waals surface area contributed by atoms with E-state index in [-0.39, 0.29) is 0 Å². The lowest BCUT2D eigenvalue weighted by Gasteiger charge is -2.34. The lowest BCUT2D eigenvalue weighted by molar-refractivity contribution is 0.0593. The van der Waals surface area contributed by atoms with Crippen molar-refractivity contribution in [1.82, 2.24) is 19.9 Å². The molecule has 29 heavy (non-hydrogen) atoms. The third kappa shape index (κ3) is 5.66. The number of nitrogens with zero attached hydrogens (tertiary/aromatic N) is 6. The van der Waals surface area contributed by atoms with Gasteiger partial charge in [-0.15, -0.1) is 0 Å². The molecule has 4 rings (SSSR count). The van der Waals surface area contributed by atoms with Gasteiger partial charge in [0.25, 0.3) is 0 Å². The second-order valence-corrected chi connectivity index (χ2v) is 7.37. The Morgan fingerprint density at radius 3 is 2.38 bits per heavy atom. The number of ether oxygens (including phenoxy) is 1. The first kappa shape index (κ1) is 19.6. The average Bonchev–Trinajstić information content (AvgIpc) is 2.81. The van der Waals surface area contributed by atoms with Crippen molar-refractivity contribution in [2.24, 2.45) is 0 Å². The lowest BCUT2D eigenvalue weighted by atomic mass is 10.1. The Hall–Kier alpha value is -2.69. The Kier molecular flexibility index (Phi) is 6.89. The highest BCUT2D eigenvalue weighted by Crippen LogP contribution is 2.18. The maximum atomic E-state index is 5.96. The molecule has 0 amide bonds. The zero-order valence-electron chi connectivity index (χ0n) is 16.8. The summed E-state index contributed by atoms with van der Waals surface area (Å²) in [5, 5.41) is 0. The van der Waals surface area contributed by atoms with Crippen LogP contribution >= 0.6 is 0 Å². The number of rotatable bonds is 5. The van der Waals surface area contributed by atoms with E-state index in [4.69, 9.17) is 4.74 Å². The van der Waals surface area contributed by atoms with Crippen molar-refractivity contribution in [1.29, 1.82) is 0 Å². The maximum Gasteiger partial charge on any atom is 0.147 e. The lowest BCUT2D eigenvalue weighted by Crippen LogP contribution is -2.46. The van der Waals surface area contributed by atoms with E-state index in [1.54, 1.807) is 12.4 Å². The van der Waals surface area contributed by atoms with Gasteiger partial charge in [-0.3, -0.25) is 9.88 Å². The van der Waals surface area contributed by atoms with Crippen LogP contribution in [-0.4, -0.2) is 78.4 Å². The van der Waals surface area contributed by atoms with Crippen molar-refractivity contribution in [3.05, 3.63) is 43.0 Å². The van der Waals surface area contributed by atoms with Gasteiger partial charge in [-0.05, 0) is 25.0 Å². The Morgan fingerprint density at radius 2 is 1.66 bits per heavy atom. The summed E-state index contributed by atoms with van der Waals surface area (Å²) < 4.78 is 5.96. The average molecular weight is 393 g/mol. The summed E-state index contributed by atoms with van der Waals surface area (Å²) in [6.07, 6.45) is 9.43. The van der Waals surface area contributed by atoms with Gasteiger partial charge in [-0.2, -0.15) is 0 Å². The van der Waals surface area contributed by atoms with Gasteiger partial charge in [0.2, 0.25) is 0 Å². The molecule has 0 unspecified atom stereocenters. The van der Waals surface area contributed by atoms with E-state index < -0.39 is 0 Å².